The molecular weight excluding hydrogens is 306 g/mol. The zero-order chi connectivity index (χ0) is 12.3. The van der Waals surface area contributed by atoms with E-state index in [1.165, 1.54) is 12.0 Å². The van der Waals surface area contributed by atoms with Crippen molar-refractivity contribution >= 4 is 33.2 Å². The summed E-state index contributed by atoms with van der Waals surface area (Å²) in [6.45, 7) is 2.24. The van der Waals surface area contributed by atoms with Crippen LogP contribution in [0.5, 0.6) is 0 Å². The third-order valence-corrected chi connectivity index (χ3v) is 4.39. The van der Waals surface area contributed by atoms with Crippen LogP contribution in [-0.2, 0) is 20.8 Å². The van der Waals surface area contributed by atoms with Gasteiger partial charge in [0.15, 0.2) is 0 Å². The van der Waals surface area contributed by atoms with Crippen molar-refractivity contribution in [2.75, 3.05) is 26.9 Å². The fourth-order valence-electron chi connectivity index (χ4n) is 1.73. The predicted octanol–water partition coefficient (Wildman–Crippen LogP) is 1.79. The van der Waals surface area contributed by atoms with Crippen LogP contribution >= 0.6 is 27.3 Å². The van der Waals surface area contributed by atoms with E-state index in [0.717, 1.165) is 10.3 Å². The van der Waals surface area contributed by atoms with E-state index in [4.69, 9.17) is 9.47 Å². The van der Waals surface area contributed by atoms with Crippen LogP contribution in [0.15, 0.2) is 15.9 Å². The van der Waals surface area contributed by atoms with E-state index < -0.39 is 5.41 Å². The molecule has 1 saturated heterocycles. The van der Waals surface area contributed by atoms with Gasteiger partial charge in [0.25, 0.3) is 0 Å². The number of methoxy groups -OCH3 is 1. The lowest BCUT2D eigenvalue weighted by molar-refractivity contribution is -0.182. The highest BCUT2D eigenvalue weighted by atomic mass is 79.9. The first kappa shape index (κ1) is 13.0. The van der Waals surface area contributed by atoms with Crippen LogP contribution in [-0.4, -0.2) is 32.8 Å². The van der Waals surface area contributed by atoms with Gasteiger partial charge in [0.2, 0.25) is 0 Å². The highest BCUT2D eigenvalue weighted by Gasteiger charge is 2.46. The minimum absolute atomic E-state index is 0.191. The van der Waals surface area contributed by atoms with Crippen LogP contribution in [0.3, 0.4) is 0 Å². The van der Waals surface area contributed by atoms with Crippen molar-refractivity contribution in [3.63, 3.8) is 0 Å². The quantitative estimate of drug-likeness (QED) is 0.841. The minimum atomic E-state index is -0.483. The lowest BCUT2D eigenvalue weighted by Crippen LogP contribution is -2.55. The maximum atomic E-state index is 11.6. The average Bonchev–Trinajstić information content (AvgIpc) is 2.67. The molecule has 1 N–H and O–H groups in total. The Morgan fingerprint density at radius 2 is 2.41 bits per heavy atom. The van der Waals surface area contributed by atoms with E-state index in [0.29, 0.717) is 19.8 Å². The van der Waals surface area contributed by atoms with Crippen LogP contribution in [0, 0.1) is 5.41 Å². The number of carbonyl (C=O) groups is 1. The standard InChI is InChI=1S/C11H14BrNO3S/c1-15-10(14)11(6-16-7-11)5-13-4-8-2-3-9(12)17-8/h2-3,13H,4-7H2,1H3. The third kappa shape index (κ3) is 2.88. The molecule has 4 nitrogen and oxygen atoms in total. The first-order chi connectivity index (χ1) is 8.16. The molecule has 2 heterocycles. The number of ether oxygens (including phenoxy) is 2. The zero-order valence-corrected chi connectivity index (χ0v) is 11.9. The van der Waals surface area contributed by atoms with E-state index in [1.54, 1.807) is 11.3 Å². The van der Waals surface area contributed by atoms with Gasteiger partial charge in [-0.05, 0) is 28.1 Å². The molecule has 0 amide bonds. The fourth-order valence-corrected chi connectivity index (χ4v) is 3.18. The van der Waals surface area contributed by atoms with E-state index in [-0.39, 0.29) is 5.97 Å². The van der Waals surface area contributed by atoms with Crippen molar-refractivity contribution in [1.29, 1.82) is 0 Å². The number of carbonyl (C=O) groups excluding carboxylic acids is 1. The second-order valence-electron chi connectivity index (χ2n) is 4.07. The summed E-state index contributed by atoms with van der Waals surface area (Å²) in [6.07, 6.45) is 0. The Hall–Kier alpha value is -0.430. The molecule has 0 unspecified atom stereocenters. The van der Waals surface area contributed by atoms with Gasteiger partial charge in [-0.15, -0.1) is 11.3 Å². The number of hydrogen-bond acceptors (Lipinski definition) is 5. The molecular formula is C11H14BrNO3S. The third-order valence-electron chi connectivity index (χ3n) is 2.77. The van der Waals surface area contributed by atoms with E-state index in [1.807, 2.05) is 6.07 Å². The van der Waals surface area contributed by atoms with Crippen molar-refractivity contribution in [2.24, 2.45) is 5.41 Å². The molecule has 1 aromatic heterocycles. The fraction of sp³-hybridized carbons (Fsp3) is 0.545. The topological polar surface area (TPSA) is 47.6 Å². The first-order valence-corrected chi connectivity index (χ1v) is 6.88. The maximum absolute atomic E-state index is 11.6. The average molecular weight is 320 g/mol. The van der Waals surface area contributed by atoms with Crippen LogP contribution < -0.4 is 5.32 Å². The molecule has 17 heavy (non-hydrogen) atoms. The van der Waals surface area contributed by atoms with Gasteiger partial charge in [-0.25, -0.2) is 0 Å². The van der Waals surface area contributed by atoms with Crippen molar-refractivity contribution in [2.45, 2.75) is 6.54 Å². The second-order valence-corrected chi connectivity index (χ2v) is 6.62. The SMILES string of the molecule is COC(=O)C1(CNCc2ccc(Br)s2)COC1. The minimum Gasteiger partial charge on any atom is -0.468 e. The van der Waals surface area contributed by atoms with Gasteiger partial charge >= 0.3 is 5.97 Å². The molecule has 1 fully saturated rings. The monoisotopic (exact) mass is 319 g/mol. The Morgan fingerprint density at radius 3 is 2.88 bits per heavy atom. The summed E-state index contributed by atoms with van der Waals surface area (Å²) in [5.74, 6) is -0.191. The van der Waals surface area contributed by atoms with Gasteiger partial charge in [0, 0.05) is 18.0 Å². The smallest absolute Gasteiger partial charge is 0.317 e. The molecule has 0 radical (unpaired) electrons. The number of thiophene rings is 1. The van der Waals surface area contributed by atoms with Gasteiger partial charge in [-0.1, -0.05) is 0 Å². The number of hydrogen-bond donors (Lipinski definition) is 1. The number of nitrogens with one attached hydrogen (secondary N) is 1. The summed E-state index contributed by atoms with van der Waals surface area (Å²) in [4.78, 5) is 12.8. The summed E-state index contributed by atoms with van der Waals surface area (Å²) in [7, 11) is 1.42. The molecule has 1 aromatic rings. The zero-order valence-electron chi connectivity index (χ0n) is 9.49. The Labute approximate surface area is 112 Å². The summed E-state index contributed by atoms with van der Waals surface area (Å²) in [5.41, 5.74) is -0.483. The highest BCUT2D eigenvalue weighted by molar-refractivity contribution is 9.11. The van der Waals surface area contributed by atoms with Crippen molar-refractivity contribution < 1.29 is 14.3 Å². The Balaban J connectivity index is 1.83. The number of esters is 1. The second kappa shape index (κ2) is 5.48. The highest BCUT2D eigenvalue weighted by Crippen LogP contribution is 2.28. The Morgan fingerprint density at radius 1 is 1.65 bits per heavy atom. The van der Waals surface area contributed by atoms with E-state index >= 15 is 0 Å². The van der Waals surface area contributed by atoms with Gasteiger partial charge in [-0.3, -0.25) is 4.79 Å². The summed E-state index contributed by atoms with van der Waals surface area (Å²) >= 11 is 5.10. The Bertz CT molecular complexity index is 403. The number of halogens is 1. The molecule has 0 spiro atoms. The van der Waals surface area contributed by atoms with E-state index in [9.17, 15) is 4.79 Å². The molecule has 6 heteroatoms. The van der Waals surface area contributed by atoms with Crippen molar-refractivity contribution in [1.82, 2.24) is 5.32 Å². The molecule has 94 valence electrons. The van der Waals surface area contributed by atoms with E-state index in [2.05, 4.69) is 27.3 Å². The molecule has 0 bridgehead atoms. The molecule has 0 aromatic carbocycles. The summed E-state index contributed by atoms with van der Waals surface area (Å²) in [6, 6.07) is 4.08. The molecule has 1 aliphatic heterocycles. The van der Waals surface area contributed by atoms with Crippen LogP contribution in [0.2, 0.25) is 0 Å². The largest absolute Gasteiger partial charge is 0.468 e. The van der Waals surface area contributed by atoms with Gasteiger partial charge in [-0.2, -0.15) is 0 Å². The van der Waals surface area contributed by atoms with Crippen molar-refractivity contribution in [3.05, 3.63) is 20.8 Å². The van der Waals surface area contributed by atoms with Crippen LogP contribution in [0.1, 0.15) is 4.88 Å². The lowest BCUT2D eigenvalue weighted by atomic mass is 9.86. The van der Waals surface area contributed by atoms with Gasteiger partial charge < -0.3 is 14.8 Å². The lowest BCUT2D eigenvalue weighted by Gasteiger charge is -2.38. The van der Waals surface area contributed by atoms with Gasteiger partial charge in [0.1, 0.15) is 5.41 Å². The summed E-state index contributed by atoms with van der Waals surface area (Å²) in [5, 5.41) is 3.28. The van der Waals surface area contributed by atoms with Crippen LogP contribution in [0.4, 0.5) is 0 Å². The summed E-state index contributed by atoms with van der Waals surface area (Å²) < 4.78 is 11.0. The predicted molar refractivity (Wildman–Crippen MR) is 69.0 cm³/mol. The van der Waals surface area contributed by atoms with Gasteiger partial charge in [0.05, 0.1) is 24.1 Å². The maximum Gasteiger partial charge on any atom is 0.317 e. The molecule has 0 atom stereocenters. The van der Waals surface area contributed by atoms with Crippen LogP contribution in [0.25, 0.3) is 0 Å². The Kier molecular flexibility index (Phi) is 4.19. The molecule has 1 aliphatic rings. The first-order valence-electron chi connectivity index (χ1n) is 5.27. The molecule has 0 saturated carbocycles. The number of rotatable bonds is 5. The molecule has 0 aliphatic carbocycles. The molecule has 2 rings (SSSR count). The normalized spacial score (nSPS) is 17.5. The van der Waals surface area contributed by atoms with Crippen molar-refractivity contribution in [3.8, 4) is 0 Å².